The Hall–Kier alpha value is -0.650. The van der Waals surface area contributed by atoms with Crippen LogP contribution >= 0.6 is 23.2 Å². The Morgan fingerprint density at radius 3 is 3.00 bits per heavy atom. The van der Waals surface area contributed by atoms with Crippen molar-refractivity contribution >= 4 is 29.0 Å². The zero-order chi connectivity index (χ0) is 11.8. The van der Waals surface area contributed by atoms with Crippen LogP contribution in [0.15, 0.2) is 0 Å². The molecular formula is C10H12Cl2N4O. The SMILES string of the molecule is Clc1nnc(Cl)c(N2CCOC3CCCC32)n1. The van der Waals surface area contributed by atoms with E-state index in [0.717, 1.165) is 19.4 Å². The molecule has 92 valence electrons. The van der Waals surface area contributed by atoms with Gasteiger partial charge in [0.2, 0.25) is 5.28 Å². The molecule has 17 heavy (non-hydrogen) atoms. The molecule has 7 heteroatoms. The van der Waals surface area contributed by atoms with E-state index in [1.807, 2.05) is 0 Å². The van der Waals surface area contributed by atoms with Crippen LogP contribution in [-0.4, -0.2) is 40.5 Å². The van der Waals surface area contributed by atoms with Gasteiger partial charge in [0.1, 0.15) is 0 Å². The molecule has 2 unspecified atom stereocenters. The number of aromatic nitrogens is 3. The number of hydrogen-bond acceptors (Lipinski definition) is 5. The highest BCUT2D eigenvalue weighted by Crippen LogP contribution is 2.34. The van der Waals surface area contributed by atoms with Crippen molar-refractivity contribution in [2.24, 2.45) is 0 Å². The molecule has 5 nitrogen and oxygen atoms in total. The molecule has 1 saturated carbocycles. The second-order valence-electron chi connectivity index (χ2n) is 4.30. The normalized spacial score (nSPS) is 28.2. The molecule has 2 fully saturated rings. The summed E-state index contributed by atoms with van der Waals surface area (Å²) in [7, 11) is 0. The third kappa shape index (κ3) is 2.07. The topological polar surface area (TPSA) is 51.1 Å². The fraction of sp³-hybridized carbons (Fsp3) is 0.700. The summed E-state index contributed by atoms with van der Waals surface area (Å²) in [4.78, 5) is 6.34. The molecule has 2 aliphatic rings. The molecule has 1 aliphatic heterocycles. The second-order valence-corrected chi connectivity index (χ2v) is 4.99. The number of rotatable bonds is 1. The summed E-state index contributed by atoms with van der Waals surface area (Å²) in [5.74, 6) is 0.631. The summed E-state index contributed by atoms with van der Waals surface area (Å²) in [6.07, 6.45) is 3.66. The molecule has 0 radical (unpaired) electrons. The molecule has 0 aromatic carbocycles. The maximum absolute atomic E-state index is 6.04. The molecule has 0 spiro atoms. The number of ether oxygens (including phenoxy) is 1. The molecule has 0 bridgehead atoms. The van der Waals surface area contributed by atoms with Crippen LogP contribution in [0.3, 0.4) is 0 Å². The van der Waals surface area contributed by atoms with Gasteiger partial charge in [-0.25, -0.2) is 0 Å². The Kier molecular flexibility index (Phi) is 3.06. The van der Waals surface area contributed by atoms with E-state index in [1.54, 1.807) is 0 Å². The first-order chi connectivity index (χ1) is 8.25. The maximum atomic E-state index is 6.04. The summed E-state index contributed by atoms with van der Waals surface area (Å²) in [6.45, 7) is 1.47. The van der Waals surface area contributed by atoms with Gasteiger partial charge in [0.25, 0.3) is 0 Å². The van der Waals surface area contributed by atoms with E-state index in [-0.39, 0.29) is 11.4 Å². The summed E-state index contributed by atoms with van der Waals surface area (Å²) >= 11 is 11.8. The third-order valence-corrected chi connectivity index (χ3v) is 3.76. The fourth-order valence-electron chi connectivity index (χ4n) is 2.66. The first-order valence-corrected chi connectivity index (χ1v) is 6.45. The van der Waals surface area contributed by atoms with Crippen molar-refractivity contribution in [2.45, 2.75) is 31.4 Å². The lowest BCUT2D eigenvalue weighted by molar-refractivity contribution is 0.0253. The van der Waals surface area contributed by atoms with Crippen LogP contribution in [0.25, 0.3) is 0 Å². The van der Waals surface area contributed by atoms with Crippen LogP contribution in [0.5, 0.6) is 0 Å². The highest BCUT2D eigenvalue weighted by atomic mass is 35.5. The van der Waals surface area contributed by atoms with Gasteiger partial charge < -0.3 is 9.64 Å². The average molecular weight is 275 g/mol. The van der Waals surface area contributed by atoms with Crippen molar-refractivity contribution in [1.29, 1.82) is 0 Å². The highest BCUT2D eigenvalue weighted by Gasteiger charge is 2.37. The highest BCUT2D eigenvalue weighted by molar-refractivity contribution is 6.32. The van der Waals surface area contributed by atoms with Gasteiger partial charge in [-0.1, -0.05) is 11.6 Å². The Bertz CT molecular complexity index is 431. The molecule has 1 aromatic heterocycles. The van der Waals surface area contributed by atoms with Crippen molar-refractivity contribution < 1.29 is 4.74 Å². The lowest BCUT2D eigenvalue weighted by atomic mass is 10.1. The van der Waals surface area contributed by atoms with Crippen LogP contribution in [0, 0.1) is 0 Å². The molecular weight excluding hydrogens is 263 g/mol. The van der Waals surface area contributed by atoms with Gasteiger partial charge in [0, 0.05) is 6.54 Å². The minimum absolute atomic E-state index is 0.130. The number of hydrogen-bond donors (Lipinski definition) is 0. The third-order valence-electron chi connectivity index (χ3n) is 3.36. The van der Waals surface area contributed by atoms with Crippen molar-refractivity contribution in [3.8, 4) is 0 Å². The lowest BCUT2D eigenvalue weighted by Crippen LogP contribution is -2.49. The summed E-state index contributed by atoms with van der Waals surface area (Å²) < 4.78 is 5.74. The zero-order valence-electron chi connectivity index (χ0n) is 9.14. The van der Waals surface area contributed by atoms with Gasteiger partial charge in [0.15, 0.2) is 11.0 Å². The van der Waals surface area contributed by atoms with Crippen molar-refractivity contribution in [2.75, 3.05) is 18.1 Å². The van der Waals surface area contributed by atoms with E-state index in [2.05, 4.69) is 20.1 Å². The molecule has 1 saturated heterocycles. The van der Waals surface area contributed by atoms with Gasteiger partial charge in [-0.15, -0.1) is 10.2 Å². The van der Waals surface area contributed by atoms with Gasteiger partial charge >= 0.3 is 0 Å². The van der Waals surface area contributed by atoms with E-state index in [9.17, 15) is 0 Å². The molecule has 2 heterocycles. The molecule has 1 aromatic rings. The number of nitrogens with zero attached hydrogens (tertiary/aromatic N) is 4. The minimum Gasteiger partial charge on any atom is -0.374 e. The number of morpholine rings is 1. The Morgan fingerprint density at radius 1 is 1.24 bits per heavy atom. The monoisotopic (exact) mass is 274 g/mol. The number of anilines is 1. The summed E-state index contributed by atoms with van der Waals surface area (Å²) in [6, 6.07) is 0.342. The Morgan fingerprint density at radius 2 is 2.12 bits per heavy atom. The van der Waals surface area contributed by atoms with Crippen LogP contribution in [-0.2, 0) is 4.74 Å². The zero-order valence-corrected chi connectivity index (χ0v) is 10.7. The van der Waals surface area contributed by atoms with Gasteiger partial charge in [-0.05, 0) is 30.9 Å². The molecule has 0 amide bonds. The van der Waals surface area contributed by atoms with E-state index < -0.39 is 0 Å². The Labute approximate surface area is 109 Å². The first kappa shape index (κ1) is 11.4. The molecule has 1 aliphatic carbocycles. The van der Waals surface area contributed by atoms with Crippen LogP contribution in [0.2, 0.25) is 10.4 Å². The summed E-state index contributed by atoms with van der Waals surface area (Å²) in [5.41, 5.74) is 0. The van der Waals surface area contributed by atoms with E-state index >= 15 is 0 Å². The lowest BCUT2D eigenvalue weighted by Gasteiger charge is -2.38. The largest absolute Gasteiger partial charge is 0.374 e. The van der Waals surface area contributed by atoms with E-state index in [4.69, 9.17) is 27.9 Å². The molecule has 2 atom stereocenters. The van der Waals surface area contributed by atoms with Crippen molar-refractivity contribution in [3.63, 3.8) is 0 Å². The van der Waals surface area contributed by atoms with Gasteiger partial charge in [-0.3, -0.25) is 0 Å². The predicted molar refractivity (Wildman–Crippen MR) is 64.6 cm³/mol. The average Bonchev–Trinajstić information content (AvgIpc) is 2.80. The quantitative estimate of drug-likeness (QED) is 0.784. The summed E-state index contributed by atoms with van der Waals surface area (Å²) in [5, 5.41) is 7.88. The maximum Gasteiger partial charge on any atom is 0.245 e. The van der Waals surface area contributed by atoms with Crippen LogP contribution in [0.1, 0.15) is 19.3 Å². The molecule has 0 N–H and O–H groups in total. The van der Waals surface area contributed by atoms with Crippen LogP contribution < -0.4 is 4.90 Å². The standard InChI is InChI=1S/C10H12Cl2N4O/c11-8-9(13-10(12)15-14-8)16-4-5-17-7-3-1-2-6(7)16/h6-7H,1-5H2. The van der Waals surface area contributed by atoms with Crippen LogP contribution in [0.4, 0.5) is 5.82 Å². The van der Waals surface area contributed by atoms with E-state index in [1.165, 1.54) is 6.42 Å². The fourth-order valence-corrected chi connectivity index (χ4v) is 2.96. The van der Waals surface area contributed by atoms with Gasteiger partial charge in [-0.2, -0.15) is 4.98 Å². The second kappa shape index (κ2) is 4.55. The minimum atomic E-state index is 0.130. The van der Waals surface area contributed by atoms with E-state index in [0.29, 0.717) is 23.6 Å². The smallest absolute Gasteiger partial charge is 0.245 e. The van der Waals surface area contributed by atoms with Crippen molar-refractivity contribution in [1.82, 2.24) is 15.2 Å². The predicted octanol–water partition coefficient (Wildman–Crippen LogP) is 1.94. The first-order valence-electron chi connectivity index (χ1n) is 5.69. The number of fused-ring (bicyclic) bond motifs is 1. The number of halogens is 2. The Balaban J connectivity index is 1.94. The van der Waals surface area contributed by atoms with Crippen molar-refractivity contribution in [3.05, 3.63) is 10.4 Å². The van der Waals surface area contributed by atoms with Gasteiger partial charge in [0.05, 0.1) is 18.8 Å². The molecule has 3 rings (SSSR count).